The van der Waals surface area contributed by atoms with Crippen molar-refractivity contribution in [2.24, 2.45) is 0 Å². The minimum atomic E-state index is -0.0640. The summed E-state index contributed by atoms with van der Waals surface area (Å²) in [4.78, 5) is 15.3. The van der Waals surface area contributed by atoms with Gasteiger partial charge in [0, 0.05) is 30.4 Å². The summed E-state index contributed by atoms with van der Waals surface area (Å²) in [5.74, 6) is 1.18. The number of nitrogens with zero attached hydrogens (tertiary/aromatic N) is 1. The number of fused-ring (bicyclic) bond motifs is 1. The number of piperidine rings is 1. The second-order valence-electron chi connectivity index (χ2n) is 8.43. The van der Waals surface area contributed by atoms with Crippen LogP contribution in [0.1, 0.15) is 58.1 Å². The summed E-state index contributed by atoms with van der Waals surface area (Å²) in [5.41, 5.74) is 4.55. The van der Waals surface area contributed by atoms with E-state index in [0.717, 1.165) is 29.8 Å². The van der Waals surface area contributed by atoms with E-state index < -0.39 is 0 Å². The SMILES string of the molecule is CC.CC.Cc1ccc2c(=O)cc(-c3ccc(N4CCCCC4)cc3)oc2c1OCc1ccccc1. The highest BCUT2D eigenvalue weighted by Crippen LogP contribution is 2.33. The fourth-order valence-electron chi connectivity index (χ4n) is 4.33. The fourth-order valence-corrected chi connectivity index (χ4v) is 4.33. The van der Waals surface area contributed by atoms with Gasteiger partial charge in [-0.05, 0) is 67.6 Å². The predicted octanol–water partition coefficient (Wildman–Crippen LogP) is 8.39. The van der Waals surface area contributed by atoms with E-state index in [1.54, 1.807) is 6.07 Å². The second kappa shape index (κ2) is 13.5. The molecule has 0 radical (unpaired) electrons. The molecule has 0 amide bonds. The standard InChI is InChI=1S/C28H27NO3.2C2H6/c1-20-10-15-24-25(30)18-26(22-11-13-23(14-12-22)29-16-6-3-7-17-29)32-28(24)27(20)31-19-21-8-4-2-5-9-21;2*1-2/h2,4-5,8-15,18H,3,6-7,16-17,19H2,1H3;2*1-2H3. The van der Waals surface area contributed by atoms with Crippen LogP contribution in [0.15, 0.2) is 82.0 Å². The molecule has 4 heteroatoms. The van der Waals surface area contributed by atoms with Crippen LogP contribution in [-0.2, 0) is 6.61 Å². The molecule has 1 aromatic heterocycles. The van der Waals surface area contributed by atoms with E-state index in [4.69, 9.17) is 9.15 Å². The Bertz CT molecular complexity index is 1270. The second-order valence-corrected chi connectivity index (χ2v) is 8.43. The topological polar surface area (TPSA) is 42.7 Å². The number of hydrogen-bond donors (Lipinski definition) is 0. The Morgan fingerprint density at radius 2 is 1.50 bits per heavy atom. The highest BCUT2D eigenvalue weighted by atomic mass is 16.5. The number of anilines is 1. The molecule has 1 aliphatic rings. The zero-order chi connectivity index (χ0) is 25.9. The molecule has 36 heavy (non-hydrogen) atoms. The molecule has 0 aliphatic carbocycles. The first-order valence-corrected chi connectivity index (χ1v) is 13.3. The fraction of sp³-hybridized carbons (Fsp3) is 0.344. The molecular weight excluding hydrogens is 446 g/mol. The molecule has 0 atom stereocenters. The minimum Gasteiger partial charge on any atom is -0.485 e. The number of benzene rings is 3. The molecular formula is C32H39NO3. The van der Waals surface area contributed by atoms with E-state index in [9.17, 15) is 4.79 Å². The smallest absolute Gasteiger partial charge is 0.193 e. The van der Waals surface area contributed by atoms with Crippen molar-refractivity contribution in [2.45, 2.75) is 60.5 Å². The summed E-state index contributed by atoms with van der Waals surface area (Å²) in [6.45, 7) is 12.6. The van der Waals surface area contributed by atoms with Crippen LogP contribution in [0.3, 0.4) is 0 Å². The lowest BCUT2D eigenvalue weighted by Crippen LogP contribution is -2.29. The molecule has 0 spiro atoms. The molecule has 0 saturated carbocycles. The summed E-state index contributed by atoms with van der Waals surface area (Å²) in [7, 11) is 0. The maximum atomic E-state index is 12.9. The Morgan fingerprint density at radius 1 is 0.833 bits per heavy atom. The van der Waals surface area contributed by atoms with E-state index in [2.05, 4.69) is 17.0 Å². The van der Waals surface area contributed by atoms with Gasteiger partial charge in [-0.2, -0.15) is 0 Å². The van der Waals surface area contributed by atoms with Crippen LogP contribution in [0.5, 0.6) is 5.75 Å². The van der Waals surface area contributed by atoms with Crippen molar-refractivity contribution in [1.82, 2.24) is 0 Å². The molecule has 4 aromatic rings. The Hall–Kier alpha value is -3.53. The molecule has 0 N–H and O–H groups in total. The first-order chi connectivity index (χ1) is 17.7. The summed E-state index contributed by atoms with van der Waals surface area (Å²) < 4.78 is 12.4. The van der Waals surface area contributed by atoms with Crippen molar-refractivity contribution in [1.29, 1.82) is 0 Å². The van der Waals surface area contributed by atoms with Crippen molar-refractivity contribution in [3.8, 4) is 17.1 Å². The molecule has 190 valence electrons. The van der Waals surface area contributed by atoms with Gasteiger partial charge >= 0.3 is 0 Å². The van der Waals surface area contributed by atoms with Gasteiger partial charge in [0.05, 0.1) is 5.39 Å². The van der Waals surface area contributed by atoms with E-state index in [1.165, 1.54) is 24.9 Å². The molecule has 1 aliphatic heterocycles. The summed E-state index contributed by atoms with van der Waals surface area (Å²) in [6.07, 6.45) is 3.80. The summed E-state index contributed by atoms with van der Waals surface area (Å²) in [5, 5.41) is 0.535. The molecule has 2 heterocycles. The first kappa shape index (κ1) is 27.1. The Labute approximate surface area is 215 Å². The zero-order valence-corrected chi connectivity index (χ0v) is 22.3. The van der Waals surface area contributed by atoms with E-state index in [-0.39, 0.29) is 5.43 Å². The Kier molecular flexibility index (Phi) is 10.2. The average Bonchev–Trinajstić information content (AvgIpc) is 2.95. The lowest BCUT2D eigenvalue weighted by Gasteiger charge is -2.28. The molecule has 0 bridgehead atoms. The summed E-state index contributed by atoms with van der Waals surface area (Å²) >= 11 is 0. The van der Waals surface area contributed by atoms with Crippen molar-refractivity contribution in [2.75, 3.05) is 18.0 Å². The zero-order valence-electron chi connectivity index (χ0n) is 22.3. The molecule has 0 unspecified atom stereocenters. The van der Waals surface area contributed by atoms with Gasteiger partial charge in [-0.1, -0.05) is 64.1 Å². The van der Waals surface area contributed by atoms with Crippen LogP contribution in [0.4, 0.5) is 5.69 Å². The van der Waals surface area contributed by atoms with Gasteiger partial charge in [0.2, 0.25) is 0 Å². The normalized spacial score (nSPS) is 12.8. The van der Waals surface area contributed by atoms with Crippen molar-refractivity contribution >= 4 is 16.7 Å². The Morgan fingerprint density at radius 3 is 2.17 bits per heavy atom. The quantitative estimate of drug-likeness (QED) is 0.285. The van der Waals surface area contributed by atoms with Crippen LogP contribution < -0.4 is 15.1 Å². The third kappa shape index (κ3) is 6.37. The van der Waals surface area contributed by atoms with Crippen LogP contribution in [0, 0.1) is 6.92 Å². The van der Waals surface area contributed by atoms with Gasteiger partial charge in [0.1, 0.15) is 12.4 Å². The van der Waals surface area contributed by atoms with Gasteiger partial charge in [-0.15, -0.1) is 0 Å². The van der Waals surface area contributed by atoms with Crippen LogP contribution in [0.25, 0.3) is 22.3 Å². The highest BCUT2D eigenvalue weighted by Gasteiger charge is 2.15. The molecule has 5 rings (SSSR count). The van der Waals surface area contributed by atoms with Gasteiger partial charge in [-0.3, -0.25) is 4.79 Å². The van der Waals surface area contributed by atoms with E-state index >= 15 is 0 Å². The molecule has 1 saturated heterocycles. The van der Waals surface area contributed by atoms with Crippen molar-refractivity contribution in [3.63, 3.8) is 0 Å². The van der Waals surface area contributed by atoms with E-state index in [1.807, 2.05) is 89.2 Å². The number of aryl methyl sites for hydroxylation is 1. The van der Waals surface area contributed by atoms with Crippen molar-refractivity contribution in [3.05, 3.63) is 94.1 Å². The van der Waals surface area contributed by atoms with Gasteiger partial charge in [-0.25, -0.2) is 0 Å². The Balaban J connectivity index is 0.000000861. The monoisotopic (exact) mass is 485 g/mol. The number of ether oxygens (including phenoxy) is 1. The van der Waals surface area contributed by atoms with Crippen molar-refractivity contribution < 1.29 is 9.15 Å². The van der Waals surface area contributed by atoms with Crippen LogP contribution >= 0.6 is 0 Å². The first-order valence-electron chi connectivity index (χ1n) is 13.3. The van der Waals surface area contributed by atoms with Gasteiger partial charge in [0.25, 0.3) is 0 Å². The summed E-state index contributed by atoms with van der Waals surface area (Å²) in [6, 6.07) is 23.6. The molecule has 1 fully saturated rings. The third-order valence-corrected chi connectivity index (χ3v) is 6.15. The minimum absolute atomic E-state index is 0.0640. The third-order valence-electron chi connectivity index (χ3n) is 6.15. The predicted molar refractivity (Wildman–Crippen MR) is 152 cm³/mol. The average molecular weight is 486 g/mol. The molecule has 3 aromatic carbocycles. The molecule has 4 nitrogen and oxygen atoms in total. The lowest BCUT2D eigenvalue weighted by molar-refractivity contribution is 0.303. The number of rotatable bonds is 5. The maximum Gasteiger partial charge on any atom is 0.193 e. The number of hydrogen-bond acceptors (Lipinski definition) is 4. The van der Waals surface area contributed by atoms with E-state index in [0.29, 0.717) is 29.1 Å². The lowest BCUT2D eigenvalue weighted by atomic mass is 10.1. The van der Waals surface area contributed by atoms with Crippen LogP contribution in [-0.4, -0.2) is 13.1 Å². The van der Waals surface area contributed by atoms with Gasteiger partial charge < -0.3 is 14.1 Å². The van der Waals surface area contributed by atoms with Crippen LogP contribution in [0.2, 0.25) is 0 Å². The maximum absolute atomic E-state index is 12.9. The highest BCUT2D eigenvalue weighted by molar-refractivity contribution is 5.85. The van der Waals surface area contributed by atoms with Gasteiger partial charge in [0.15, 0.2) is 16.8 Å². The largest absolute Gasteiger partial charge is 0.485 e.